The predicted octanol–water partition coefficient (Wildman–Crippen LogP) is 4.39. The molecule has 148 valence electrons. The monoisotopic (exact) mass is 378 g/mol. The lowest BCUT2D eigenvalue weighted by molar-refractivity contribution is -0.127. The second-order valence-corrected chi connectivity index (χ2v) is 8.56. The minimum absolute atomic E-state index is 0.0379. The Hall–Kier alpha value is -2.36. The zero-order chi connectivity index (χ0) is 19.5. The van der Waals surface area contributed by atoms with E-state index in [1.54, 1.807) is 0 Å². The molecule has 1 aliphatic heterocycles. The Balaban J connectivity index is 1.34. The Labute approximate surface area is 167 Å². The van der Waals surface area contributed by atoms with Crippen molar-refractivity contribution in [3.63, 3.8) is 0 Å². The number of carbonyl (C=O) groups excluding carboxylic acids is 2. The van der Waals surface area contributed by atoms with Crippen LogP contribution in [0.4, 0.5) is 0 Å². The minimum atomic E-state index is 0.0379. The molecule has 4 nitrogen and oxygen atoms in total. The lowest BCUT2D eigenvalue weighted by Crippen LogP contribution is -2.46. The molecule has 2 fully saturated rings. The summed E-state index contributed by atoms with van der Waals surface area (Å²) in [6.45, 7) is 3.60. The first-order chi connectivity index (χ1) is 13.6. The number of benzene rings is 2. The predicted molar refractivity (Wildman–Crippen MR) is 112 cm³/mol. The number of amides is 2. The third kappa shape index (κ3) is 4.06. The summed E-state index contributed by atoms with van der Waals surface area (Å²) >= 11 is 0. The molecule has 0 unspecified atom stereocenters. The van der Waals surface area contributed by atoms with E-state index in [0.29, 0.717) is 19.1 Å². The number of nitrogens with zero attached hydrogens (tertiary/aromatic N) is 1. The van der Waals surface area contributed by atoms with E-state index in [0.717, 1.165) is 47.9 Å². The standard InChI is InChI=1S/C24H30N2O2/c1-17-9-11-20(12-10-17)25-23(27)19-13-15-26(16-14-19)24(28)22-8-4-6-18-5-2-3-7-21(18)22/h2-8,17,19-20H,9-16H2,1H3,(H,25,27). The van der Waals surface area contributed by atoms with Crippen molar-refractivity contribution in [3.8, 4) is 0 Å². The first-order valence-corrected chi connectivity index (χ1v) is 10.7. The van der Waals surface area contributed by atoms with Crippen LogP contribution in [0, 0.1) is 11.8 Å². The molecule has 4 heteroatoms. The van der Waals surface area contributed by atoms with Gasteiger partial charge in [0, 0.05) is 30.6 Å². The number of rotatable bonds is 3. The minimum Gasteiger partial charge on any atom is -0.353 e. The molecular weight excluding hydrogens is 348 g/mol. The van der Waals surface area contributed by atoms with Gasteiger partial charge in [-0.15, -0.1) is 0 Å². The fourth-order valence-corrected chi connectivity index (χ4v) is 4.65. The Bertz CT molecular complexity index is 841. The molecule has 1 saturated heterocycles. The van der Waals surface area contributed by atoms with Crippen molar-refractivity contribution < 1.29 is 9.59 Å². The van der Waals surface area contributed by atoms with Gasteiger partial charge in [0.25, 0.3) is 5.91 Å². The lowest BCUT2D eigenvalue weighted by Gasteiger charge is -2.33. The summed E-state index contributed by atoms with van der Waals surface area (Å²) in [4.78, 5) is 27.6. The molecule has 2 amide bonds. The molecule has 1 heterocycles. The van der Waals surface area contributed by atoms with Crippen molar-refractivity contribution in [1.29, 1.82) is 0 Å². The molecule has 2 aromatic rings. The highest BCUT2D eigenvalue weighted by Gasteiger charge is 2.30. The molecule has 2 aromatic carbocycles. The fourth-order valence-electron chi connectivity index (χ4n) is 4.65. The van der Waals surface area contributed by atoms with Crippen LogP contribution in [0.2, 0.25) is 0 Å². The molecule has 0 spiro atoms. The zero-order valence-corrected chi connectivity index (χ0v) is 16.7. The lowest BCUT2D eigenvalue weighted by atomic mass is 9.86. The molecule has 0 radical (unpaired) electrons. The van der Waals surface area contributed by atoms with Gasteiger partial charge in [-0.25, -0.2) is 0 Å². The Morgan fingerprint density at radius 2 is 1.57 bits per heavy atom. The normalized spacial score (nSPS) is 23.5. The number of hydrogen-bond acceptors (Lipinski definition) is 2. The van der Waals surface area contributed by atoms with E-state index in [9.17, 15) is 9.59 Å². The number of fused-ring (bicyclic) bond motifs is 1. The van der Waals surface area contributed by atoms with Gasteiger partial charge in [0.15, 0.2) is 0 Å². The maximum atomic E-state index is 13.1. The second kappa shape index (κ2) is 8.34. The molecule has 2 aliphatic rings. The molecular formula is C24H30N2O2. The third-order valence-corrected chi connectivity index (χ3v) is 6.54. The number of piperidine rings is 1. The number of carbonyl (C=O) groups is 2. The van der Waals surface area contributed by atoms with E-state index in [2.05, 4.69) is 12.2 Å². The second-order valence-electron chi connectivity index (χ2n) is 8.56. The molecule has 1 aliphatic carbocycles. The van der Waals surface area contributed by atoms with Crippen LogP contribution in [0.1, 0.15) is 55.8 Å². The SMILES string of the molecule is CC1CCC(NC(=O)C2CCN(C(=O)c3cccc4ccccc34)CC2)CC1. The number of nitrogens with one attached hydrogen (secondary N) is 1. The zero-order valence-electron chi connectivity index (χ0n) is 16.7. The van der Waals surface area contributed by atoms with Crippen LogP contribution in [0.25, 0.3) is 10.8 Å². The summed E-state index contributed by atoms with van der Waals surface area (Å²) in [5, 5.41) is 5.36. The van der Waals surface area contributed by atoms with Gasteiger partial charge in [-0.3, -0.25) is 9.59 Å². The van der Waals surface area contributed by atoms with Gasteiger partial charge in [-0.2, -0.15) is 0 Å². The summed E-state index contributed by atoms with van der Waals surface area (Å²) in [6, 6.07) is 14.2. The average molecular weight is 379 g/mol. The summed E-state index contributed by atoms with van der Waals surface area (Å²) in [6.07, 6.45) is 6.14. The van der Waals surface area contributed by atoms with Gasteiger partial charge in [0.2, 0.25) is 5.91 Å². The van der Waals surface area contributed by atoms with Crippen LogP contribution < -0.4 is 5.32 Å². The first-order valence-electron chi connectivity index (χ1n) is 10.7. The van der Waals surface area contributed by atoms with E-state index in [1.165, 1.54) is 12.8 Å². The van der Waals surface area contributed by atoms with Crippen LogP contribution in [-0.4, -0.2) is 35.8 Å². The Morgan fingerprint density at radius 3 is 2.32 bits per heavy atom. The van der Waals surface area contributed by atoms with E-state index < -0.39 is 0 Å². The van der Waals surface area contributed by atoms with E-state index in [-0.39, 0.29) is 17.7 Å². The molecule has 0 bridgehead atoms. The van der Waals surface area contributed by atoms with Crippen molar-refractivity contribution in [3.05, 3.63) is 48.0 Å². The third-order valence-electron chi connectivity index (χ3n) is 6.54. The van der Waals surface area contributed by atoms with Crippen molar-refractivity contribution >= 4 is 22.6 Å². The number of hydrogen-bond donors (Lipinski definition) is 1. The smallest absolute Gasteiger partial charge is 0.254 e. The topological polar surface area (TPSA) is 49.4 Å². The van der Waals surface area contributed by atoms with Gasteiger partial charge in [0.05, 0.1) is 0 Å². The van der Waals surface area contributed by atoms with Gasteiger partial charge < -0.3 is 10.2 Å². The van der Waals surface area contributed by atoms with Crippen LogP contribution in [0.5, 0.6) is 0 Å². The summed E-state index contributed by atoms with van der Waals surface area (Å²) < 4.78 is 0. The highest BCUT2D eigenvalue weighted by atomic mass is 16.2. The first kappa shape index (κ1) is 19.0. The van der Waals surface area contributed by atoms with Crippen molar-refractivity contribution in [2.75, 3.05) is 13.1 Å². The van der Waals surface area contributed by atoms with Crippen LogP contribution in [0.3, 0.4) is 0 Å². The Morgan fingerprint density at radius 1 is 0.893 bits per heavy atom. The van der Waals surface area contributed by atoms with E-state index in [1.807, 2.05) is 47.4 Å². The highest BCUT2D eigenvalue weighted by molar-refractivity contribution is 6.07. The van der Waals surface area contributed by atoms with Gasteiger partial charge in [-0.1, -0.05) is 43.3 Å². The van der Waals surface area contributed by atoms with Gasteiger partial charge in [-0.05, 0) is 61.3 Å². The fraction of sp³-hybridized carbons (Fsp3) is 0.500. The molecule has 28 heavy (non-hydrogen) atoms. The molecule has 1 saturated carbocycles. The Kier molecular flexibility index (Phi) is 5.65. The summed E-state index contributed by atoms with van der Waals surface area (Å²) in [5.74, 6) is 1.10. The number of likely N-dealkylation sites (tertiary alicyclic amines) is 1. The summed E-state index contributed by atoms with van der Waals surface area (Å²) in [7, 11) is 0. The largest absolute Gasteiger partial charge is 0.353 e. The maximum Gasteiger partial charge on any atom is 0.254 e. The maximum absolute atomic E-state index is 13.1. The molecule has 0 atom stereocenters. The van der Waals surface area contributed by atoms with Crippen LogP contribution in [0.15, 0.2) is 42.5 Å². The highest BCUT2D eigenvalue weighted by Crippen LogP contribution is 2.26. The van der Waals surface area contributed by atoms with Crippen molar-refractivity contribution in [1.82, 2.24) is 10.2 Å². The van der Waals surface area contributed by atoms with E-state index in [4.69, 9.17) is 0 Å². The van der Waals surface area contributed by atoms with Crippen LogP contribution in [-0.2, 0) is 4.79 Å². The van der Waals surface area contributed by atoms with Crippen LogP contribution >= 0.6 is 0 Å². The summed E-state index contributed by atoms with van der Waals surface area (Å²) in [5.41, 5.74) is 0.761. The van der Waals surface area contributed by atoms with Crippen molar-refractivity contribution in [2.24, 2.45) is 11.8 Å². The van der Waals surface area contributed by atoms with Gasteiger partial charge >= 0.3 is 0 Å². The van der Waals surface area contributed by atoms with Crippen molar-refractivity contribution in [2.45, 2.75) is 51.5 Å². The van der Waals surface area contributed by atoms with E-state index >= 15 is 0 Å². The molecule has 0 aromatic heterocycles. The van der Waals surface area contributed by atoms with Gasteiger partial charge in [0.1, 0.15) is 0 Å². The molecule has 1 N–H and O–H groups in total. The molecule has 4 rings (SSSR count). The quantitative estimate of drug-likeness (QED) is 0.861. The average Bonchev–Trinajstić information content (AvgIpc) is 2.74.